The Hall–Kier alpha value is -2.03. The number of anilines is 1. The summed E-state index contributed by atoms with van der Waals surface area (Å²) in [6.07, 6.45) is 3.55. The summed E-state index contributed by atoms with van der Waals surface area (Å²) in [5.74, 6) is 1.12. The van der Waals surface area contributed by atoms with E-state index < -0.39 is 0 Å². The Morgan fingerprint density at radius 1 is 1.33 bits per heavy atom. The van der Waals surface area contributed by atoms with Gasteiger partial charge in [-0.2, -0.15) is 5.10 Å². The topological polar surface area (TPSA) is 88.0 Å². The van der Waals surface area contributed by atoms with Crippen molar-refractivity contribution < 1.29 is 9.59 Å². The van der Waals surface area contributed by atoms with Gasteiger partial charge in [-0.05, 0) is 30.3 Å². The van der Waals surface area contributed by atoms with Crippen LogP contribution in [-0.4, -0.2) is 45.8 Å². The minimum atomic E-state index is -0.254. The number of nitrogens with one attached hydrogen (secondary N) is 3. The molecule has 1 aliphatic heterocycles. The molecule has 2 aromatic rings. The molecule has 0 spiro atoms. The summed E-state index contributed by atoms with van der Waals surface area (Å²) >= 11 is 1.67. The molecule has 7 nitrogen and oxygen atoms in total. The Kier molecular flexibility index (Phi) is 6.65. The van der Waals surface area contributed by atoms with E-state index in [4.69, 9.17) is 0 Å². The van der Waals surface area contributed by atoms with E-state index in [1.54, 1.807) is 34.8 Å². The van der Waals surface area contributed by atoms with Gasteiger partial charge < -0.3 is 10.6 Å². The number of amides is 2. The fourth-order valence-corrected chi connectivity index (χ4v) is 3.12. The van der Waals surface area contributed by atoms with Crippen molar-refractivity contribution in [3.8, 4) is 5.69 Å². The van der Waals surface area contributed by atoms with Gasteiger partial charge in [0.2, 0.25) is 11.8 Å². The molecule has 24 heavy (non-hydrogen) atoms. The number of benzene rings is 1. The molecule has 0 aliphatic carbocycles. The van der Waals surface area contributed by atoms with E-state index in [1.807, 2.05) is 24.4 Å². The number of hydrogen-bond donors (Lipinski definition) is 3. The standard InChI is InChI=1S/C15H17N5O2S.ClH/c21-14(8-16-15(22)13-9-23-10-17-13)19-11-2-4-12(5-3-11)20-7-1-6-18-20;/h1-7,13,17H,8-10H2,(H,16,22)(H,19,21);1H. The zero-order valence-electron chi connectivity index (χ0n) is 12.8. The highest BCUT2D eigenvalue weighted by molar-refractivity contribution is 7.99. The summed E-state index contributed by atoms with van der Waals surface area (Å²) < 4.78 is 1.73. The molecule has 1 saturated heterocycles. The van der Waals surface area contributed by atoms with Crippen LogP contribution in [-0.2, 0) is 9.59 Å². The molecule has 9 heteroatoms. The number of carbonyl (C=O) groups excluding carboxylic acids is 2. The van der Waals surface area contributed by atoms with Crippen molar-refractivity contribution in [3.05, 3.63) is 42.7 Å². The molecule has 1 aromatic carbocycles. The van der Waals surface area contributed by atoms with Gasteiger partial charge in [0.15, 0.2) is 0 Å². The molecular weight excluding hydrogens is 350 g/mol. The van der Waals surface area contributed by atoms with Crippen LogP contribution in [0.3, 0.4) is 0 Å². The lowest BCUT2D eigenvalue weighted by atomic mass is 10.2. The maximum absolute atomic E-state index is 11.9. The Morgan fingerprint density at radius 3 is 2.75 bits per heavy atom. The molecule has 1 atom stereocenters. The molecule has 1 aromatic heterocycles. The van der Waals surface area contributed by atoms with Crippen LogP contribution in [0.4, 0.5) is 5.69 Å². The van der Waals surface area contributed by atoms with Gasteiger partial charge in [-0.1, -0.05) is 0 Å². The first-order valence-electron chi connectivity index (χ1n) is 7.21. The number of thioether (sulfide) groups is 1. The van der Waals surface area contributed by atoms with Gasteiger partial charge in [0.1, 0.15) is 0 Å². The second-order valence-corrected chi connectivity index (χ2v) is 6.07. The molecule has 3 rings (SSSR count). The van der Waals surface area contributed by atoms with E-state index in [0.717, 1.165) is 17.3 Å². The summed E-state index contributed by atoms with van der Waals surface area (Å²) in [6, 6.07) is 8.96. The molecule has 1 fully saturated rings. The first-order chi connectivity index (χ1) is 11.2. The number of aromatic nitrogens is 2. The molecule has 0 radical (unpaired) electrons. The Labute approximate surface area is 150 Å². The molecule has 3 N–H and O–H groups in total. The molecule has 1 aliphatic rings. The van der Waals surface area contributed by atoms with Gasteiger partial charge in [-0.3, -0.25) is 14.9 Å². The van der Waals surface area contributed by atoms with E-state index in [9.17, 15) is 9.59 Å². The van der Waals surface area contributed by atoms with Crippen molar-refractivity contribution >= 4 is 41.7 Å². The zero-order valence-corrected chi connectivity index (χ0v) is 14.4. The highest BCUT2D eigenvalue weighted by Crippen LogP contribution is 2.12. The Bertz CT molecular complexity index is 672. The summed E-state index contributed by atoms with van der Waals surface area (Å²) in [4.78, 5) is 23.7. The first-order valence-corrected chi connectivity index (χ1v) is 8.36. The van der Waals surface area contributed by atoms with Crippen molar-refractivity contribution in [2.24, 2.45) is 0 Å². The van der Waals surface area contributed by atoms with Crippen molar-refractivity contribution in [3.63, 3.8) is 0 Å². The minimum absolute atomic E-state index is 0. The van der Waals surface area contributed by atoms with Gasteiger partial charge >= 0.3 is 0 Å². The van der Waals surface area contributed by atoms with Crippen LogP contribution in [0.5, 0.6) is 0 Å². The molecule has 2 heterocycles. The average Bonchev–Trinajstić information content (AvgIpc) is 3.26. The number of halogens is 1. The maximum atomic E-state index is 11.9. The third-order valence-electron chi connectivity index (χ3n) is 3.38. The van der Waals surface area contributed by atoms with Crippen molar-refractivity contribution in [2.45, 2.75) is 6.04 Å². The quantitative estimate of drug-likeness (QED) is 0.734. The van der Waals surface area contributed by atoms with Crippen LogP contribution in [0.25, 0.3) is 5.69 Å². The smallest absolute Gasteiger partial charge is 0.243 e. The van der Waals surface area contributed by atoms with E-state index in [-0.39, 0.29) is 36.8 Å². The molecular formula is C15H18ClN5O2S. The SMILES string of the molecule is Cl.O=C(CNC(=O)C1CSCN1)Nc1ccc(-n2cccn2)cc1. The van der Waals surface area contributed by atoms with Crippen molar-refractivity contribution in [2.75, 3.05) is 23.5 Å². The second kappa shape index (κ2) is 8.72. The molecule has 0 bridgehead atoms. The Balaban J connectivity index is 0.00000208. The third-order valence-corrected chi connectivity index (χ3v) is 4.32. The first kappa shape index (κ1) is 18.3. The van der Waals surface area contributed by atoms with Gasteiger partial charge in [-0.15, -0.1) is 24.2 Å². The van der Waals surface area contributed by atoms with Crippen LogP contribution in [0, 0.1) is 0 Å². The van der Waals surface area contributed by atoms with Crippen LogP contribution in [0.15, 0.2) is 42.7 Å². The van der Waals surface area contributed by atoms with Crippen LogP contribution in [0.1, 0.15) is 0 Å². The second-order valence-electron chi connectivity index (χ2n) is 5.04. The Morgan fingerprint density at radius 2 is 2.12 bits per heavy atom. The van der Waals surface area contributed by atoms with Crippen LogP contribution >= 0.6 is 24.2 Å². The van der Waals surface area contributed by atoms with E-state index in [0.29, 0.717) is 5.69 Å². The number of hydrogen-bond acceptors (Lipinski definition) is 5. The average molecular weight is 368 g/mol. The monoisotopic (exact) mass is 367 g/mol. The van der Waals surface area contributed by atoms with Crippen LogP contribution < -0.4 is 16.0 Å². The van der Waals surface area contributed by atoms with E-state index >= 15 is 0 Å². The lowest BCUT2D eigenvalue weighted by Crippen LogP contribution is -2.44. The summed E-state index contributed by atoms with van der Waals surface area (Å²) in [7, 11) is 0. The van der Waals surface area contributed by atoms with Gasteiger partial charge in [0.25, 0.3) is 0 Å². The normalized spacial score (nSPS) is 16.2. The van der Waals surface area contributed by atoms with Crippen molar-refractivity contribution in [1.82, 2.24) is 20.4 Å². The lowest BCUT2D eigenvalue weighted by Gasteiger charge is -2.11. The van der Waals surface area contributed by atoms with E-state index in [1.165, 1.54) is 0 Å². The predicted molar refractivity (Wildman–Crippen MR) is 96.7 cm³/mol. The molecule has 128 valence electrons. The summed E-state index contributed by atoms with van der Waals surface area (Å²) in [5, 5.41) is 12.6. The summed E-state index contributed by atoms with van der Waals surface area (Å²) in [5.41, 5.74) is 1.58. The number of carbonyl (C=O) groups is 2. The molecule has 1 unspecified atom stereocenters. The highest BCUT2D eigenvalue weighted by Gasteiger charge is 2.22. The predicted octanol–water partition coefficient (Wildman–Crippen LogP) is 1.01. The van der Waals surface area contributed by atoms with Crippen LogP contribution in [0.2, 0.25) is 0 Å². The maximum Gasteiger partial charge on any atom is 0.243 e. The number of nitrogens with zero attached hydrogens (tertiary/aromatic N) is 2. The molecule has 2 amide bonds. The van der Waals surface area contributed by atoms with Crippen molar-refractivity contribution in [1.29, 1.82) is 0 Å². The zero-order chi connectivity index (χ0) is 16.1. The van der Waals surface area contributed by atoms with Gasteiger partial charge in [-0.25, -0.2) is 4.68 Å². The fraction of sp³-hybridized carbons (Fsp3) is 0.267. The largest absolute Gasteiger partial charge is 0.346 e. The fourth-order valence-electron chi connectivity index (χ4n) is 2.18. The number of rotatable bonds is 5. The lowest BCUT2D eigenvalue weighted by molar-refractivity contribution is -0.125. The third kappa shape index (κ3) is 4.73. The molecule has 0 saturated carbocycles. The van der Waals surface area contributed by atoms with Gasteiger partial charge in [0, 0.05) is 29.7 Å². The summed E-state index contributed by atoms with van der Waals surface area (Å²) in [6.45, 7) is -0.0391. The highest BCUT2D eigenvalue weighted by atomic mass is 35.5. The van der Waals surface area contributed by atoms with E-state index in [2.05, 4.69) is 21.0 Å². The minimum Gasteiger partial charge on any atom is -0.346 e. The van der Waals surface area contributed by atoms with Gasteiger partial charge in [0.05, 0.1) is 18.3 Å².